The van der Waals surface area contributed by atoms with Gasteiger partial charge in [-0.1, -0.05) is 6.07 Å². The molecule has 0 aliphatic heterocycles. The van der Waals surface area contributed by atoms with E-state index in [0.717, 1.165) is 27.7 Å². The standard InChI is InChI=1S/C21H19N5O2S/c1-14-19(29-21(25-14)16-5-7-17(28-2)8-6-16)20(27)23-13-15-4-9-18(22-12-15)26-11-3-10-24-26/h3-12H,13H2,1-2H3,(H,23,27). The molecular weight excluding hydrogens is 386 g/mol. The quantitative estimate of drug-likeness (QED) is 0.530. The van der Waals surface area contributed by atoms with E-state index in [1.54, 1.807) is 24.2 Å². The Morgan fingerprint density at radius 3 is 2.69 bits per heavy atom. The van der Waals surface area contributed by atoms with E-state index >= 15 is 0 Å². The molecule has 0 radical (unpaired) electrons. The molecule has 0 saturated carbocycles. The van der Waals surface area contributed by atoms with Gasteiger partial charge < -0.3 is 10.1 Å². The summed E-state index contributed by atoms with van der Waals surface area (Å²) >= 11 is 1.38. The first kappa shape index (κ1) is 18.8. The Labute approximate surface area is 172 Å². The molecule has 3 aromatic heterocycles. The van der Waals surface area contributed by atoms with Crippen LogP contribution in [0.3, 0.4) is 0 Å². The van der Waals surface area contributed by atoms with Crippen molar-refractivity contribution in [3.05, 3.63) is 77.2 Å². The van der Waals surface area contributed by atoms with E-state index in [9.17, 15) is 4.79 Å². The zero-order valence-corrected chi connectivity index (χ0v) is 16.8. The van der Waals surface area contributed by atoms with Gasteiger partial charge in [-0.2, -0.15) is 5.10 Å². The number of benzene rings is 1. The number of aryl methyl sites for hydroxylation is 1. The molecule has 4 aromatic rings. The summed E-state index contributed by atoms with van der Waals surface area (Å²) in [7, 11) is 1.63. The highest BCUT2D eigenvalue weighted by atomic mass is 32.1. The van der Waals surface area contributed by atoms with Crippen LogP contribution in [0.1, 0.15) is 20.9 Å². The van der Waals surface area contributed by atoms with E-state index in [1.165, 1.54) is 11.3 Å². The number of amides is 1. The van der Waals surface area contributed by atoms with Gasteiger partial charge in [0.2, 0.25) is 0 Å². The number of aromatic nitrogens is 4. The third-order valence-electron chi connectivity index (χ3n) is 4.34. The highest BCUT2D eigenvalue weighted by Gasteiger charge is 2.16. The van der Waals surface area contributed by atoms with Crippen LogP contribution in [0.5, 0.6) is 5.75 Å². The maximum absolute atomic E-state index is 12.6. The number of thiazole rings is 1. The Kier molecular flexibility index (Phi) is 5.35. The van der Waals surface area contributed by atoms with Crippen LogP contribution in [-0.4, -0.2) is 32.8 Å². The van der Waals surface area contributed by atoms with Crippen molar-refractivity contribution in [2.24, 2.45) is 0 Å². The third kappa shape index (κ3) is 4.17. The fourth-order valence-corrected chi connectivity index (χ4v) is 3.78. The zero-order chi connectivity index (χ0) is 20.2. The van der Waals surface area contributed by atoms with Gasteiger partial charge in [-0.15, -0.1) is 11.3 Å². The summed E-state index contributed by atoms with van der Waals surface area (Å²) in [6.07, 6.45) is 5.27. The van der Waals surface area contributed by atoms with Crippen LogP contribution in [0.25, 0.3) is 16.4 Å². The number of methoxy groups -OCH3 is 1. The number of rotatable bonds is 6. The van der Waals surface area contributed by atoms with Crippen LogP contribution < -0.4 is 10.1 Å². The van der Waals surface area contributed by atoms with Crippen molar-refractivity contribution in [3.8, 4) is 22.1 Å². The van der Waals surface area contributed by atoms with E-state index in [2.05, 4.69) is 20.4 Å². The van der Waals surface area contributed by atoms with Gasteiger partial charge in [-0.3, -0.25) is 4.79 Å². The molecule has 0 spiro atoms. The molecule has 29 heavy (non-hydrogen) atoms. The number of nitrogens with zero attached hydrogens (tertiary/aromatic N) is 4. The highest BCUT2D eigenvalue weighted by molar-refractivity contribution is 7.17. The Hall–Kier alpha value is -3.52. The average molecular weight is 405 g/mol. The minimum absolute atomic E-state index is 0.143. The molecular formula is C21H19N5O2S. The summed E-state index contributed by atoms with van der Waals surface area (Å²) in [5.74, 6) is 1.37. The Morgan fingerprint density at radius 1 is 1.21 bits per heavy atom. The minimum Gasteiger partial charge on any atom is -0.497 e. The molecule has 0 unspecified atom stereocenters. The molecule has 1 aromatic carbocycles. The lowest BCUT2D eigenvalue weighted by Crippen LogP contribution is -2.22. The zero-order valence-electron chi connectivity index (χ0n) is 16.0. The fraction of sp³-hybridized carbons (Fsp3) is 0.143. The average Bonchev–Trinajstić information content (AvgIpc) is 3.43. The third-order valence-corrected chi connectivity index (χ3v) is 5.55. The molecule has 146 valence electrons. The number of nitrogens with one attached hydrogen (secondary N) is 1. The van der Waals surface area contributed by atoms with Gasteiger partial charge in [-0.25, -0.2) is 14.6 Å². The number of pyridine rings is 1. The van der Waals surface area contributed by atoms with Crippen LogP contribution in [-0.2, 0) is 6.54 Å². The van der Waals surface area contributed by atoms with Crippen LogP contribution in [0, 0.1) is 6.92 Å². The van der Waals surface area contributed by atoms with Crippen molar-refractivity contribution >= 4 is 17.2 Å². The van der Waals surface area contributed by atoms with Gasteiger partial charge in [0.25, 0.3) is 5.91 Å². The van der Waals surface area contributed by atoms with Gasteiger partial charge in [0.15, 0.2) is 5.82 Å². The number of carbonyl (C=O) groups excluding carboxylic acids is 1. The Bertz CT molecular complexity index is 1100. The van der Waals surface area contributed by atoms with Crippen LogP contribution in [0.4, 0.5) is 0 Å². The van der Waals surface area contributed by atoms with E-state index in [0.29, 0.717) is 17.1 Å². The van der Waals surface area contributed by atoms with Gasteiger partial charge in [0.05, 0.1) is 12.8 Å². The van der Waals surface area contributed by atoms with Crippen LogP contribution >= 0.6 is 11.3 Å². The number of ether oxygens (including phenoxy) is 1. The molecule has 0 atom stereocenters. The molecule has 4 rings (SSSR count). The maximum atomic E-state index is 12.6. The van der Waals surface area contributed by atoms with E-state index in [-0.39, 0.29) is 5.91 Å². The number of carbonyl (C=O) groups is 1. The first-order valence-electron chi connectivity index (χ1n) is 8.99. The highest BCUT2D eigenvalue weighted by Crippen LogP contribution is 2.29. The lowest BCUT2D eigenvalue weighted by molar-refractivity contribution is 0.0954. The smallest absolute Gasteiger partial charge is 0.263 e. The molecule has 1 amide bonds. The topological polar surface area (TPSA) is 81.9 Å². The summed E-state index contributed by atoms with van der Waals surface area (Å²) in [5.41, 5.74) is 2.58. The summed E-state index contributed by atoms with van der Waals surface area (Å²) in [6.45, 7) is 2.24. The molecule has 0 saturated heterocycles. The van der Waals surface area contributed by atoms with Crippen molar-refractivity contribution in [1.29, 1.82) is 0 Å². The summed E-state index contributed by atoms with van der Waals surface area (Å²) < 4.78 is 6.87. The molecule has 1 N–H and O–H groups in total. The normalized spacial score (nSPS) is 10.7. The first-order valence-corrected chi connectivity index (χ1v) is 9.80. The Balaban J connectivity index is 1.42. The van der Waals surface area contributed by atoms with Gasteiger partial charge >= 0.3 is 0 Å². The summed E-state index contributed by atoms with van der Waals surface area (Å²) in [4.78, 5) is 22.2. The molecule has 7 nitrogen and oxygen atoms in total. The molecule has 8 heteroatoms. The first-order chi connectivity index (χ1) is 14.1. The second-order valence-corrected chi connectivity index (χ2v) is 7.32. The molecule has 0 aliphatic carbocycles. The van der Waals surface area contributed by atoms with Gasteiger partial charge in [0.1, 0.15) is 15.6 Å². The SMILES string of the molecule is COc1ccc(-c2nc(C)c(C(=O)NCc3ccc(-n4cccn4)nc3)s2)cc1. The second-order valence-electron chi connectivity index (χ2n) is 6.32. The lowest BCUT2D eigenvalue weighted by Gasteiger charge is -2.05. The van der Waals surface area contributed by atoms with E-state index in [1.807, 2.05) is 55.6 Å². The van der Waals surface area contributed by atoms with Crippen molar-refractivity contribution in [3.63, 3.8) is 0 Å². The molecule has 0 fully saturated rings. The second kappa shape index (κ2) is 8.24. The minimum atomic E-state index is -0.143. The van der Waals surface area contributed by atoms with Crippen molar-refractivity contribution in [2.75, 3.05) is 7.11 Å². The molecule has 0 aliphatic rings. The molecule has 3 heterocycles. The lowest BCUT2D eigenvalue weighted by atomic mass is 10.2. The fourth-order valence-electron chi connectivity index (χ4n) is 2.79. The van der Waals surface area contributed by atoms with Crippen molar-refractivity contribution in [2.45, 2.75) is 13.5 Å². The maximum Gasteiger partial charge on any atom is 0.263 e. The van der Waals surface area contributed by atoms with Crippen LogP contribution in [0.2, 0.25) is 0 Å². The number of hydrogen-bond donors (Lipinski definition) is 1. The Morgan fingerprint density at radius 2 is 2.03 bits per heavy atom. The van der Waals surface area contributed by atoms with Crippen molar-refractivity contribution in [1.82, 2.24) is 25.1 Å². The predicted octanol–water partition coefficient (Wildman–Crippen LogP) is 3.64. The van der Waals surface area contributed by atoms with Gasteiger partial charge in [-0.05, 0) is 48.9 Å². The monoisotopic (exact) mass is 405 g/mol. The largest absolute Gasteiger partial charge is 0.497 e. The number of hydrogen-bond acceptors (Lipinski definition) is 6. The van der Waals surface area contributed by atoms with Crippen molar-refractivity contribution < 1.29 is 9.53 Å². The summed E-state index contributed by atoms with van der Waals surface area (Å²) in [5, 5.41) is 7.90. The van der Waals surface area contributed by atoms with Gasteiger partial charge in [0, 0.05) is 30.7 Å². The van der Waals surface area contributed by atoms with Crippen LogP contribution in [0.15, 0.2) is 61.1 Å². The van der Waals surface area contributed by atoms with E-state index < -0.39 is 0 Å². The predicted molar refractivity (Wildman–Crippen MR) is 111 cm³/mol. The summed E-state index contributed by atoms with van der Waals surface area (Å²) in [6, 6.07) is 13.3. The molecule has 0 bridgehead atoms. The van der Waals surface area contributed by atoms with E-state index in [4.69, 9.17) is 4.74 Å².